The zero-order valence-electron chi connectivity index (χ0n) is 17.2. The second kappa shape index (κ2) is 10.5. The van der Waals surface area contributed by atoms with E-state index in [9.17, 15) is 21.2 Å². The number of rotatable bonds is 10. The number of H-pyrrole nitrogens is 1. The van der Waals surface area contributed by atoms with E-state index >= 15 is 0 Å². The molecule has 0 saturated carbocycles. The molecule has 0 atom stereocenters. The summed E-state index contributed by atoms with van der Waals surface area (Å²) in [6.45, 7) is -0.124. The van der Waals surface area contributed by atoms with Gasteiger partial charge in [0.15, 0.2) is 0 Å². The topological polar surface area (TPSA) is 108 Å². The second-order valence-electron chi connectivity index (χ2n) is 7.09. The van der Waals surface area contributed by atoms with Gasteiger partial charge in [-0.1, -0.05) is 27.5 Å². The minimum absolute atomic E-state index is 0.00287. The minimum atomic E-state index is -3.79. The van der Waals surface area contributed by atoms with E-state index in [2.05, 4.69) is 36.3 Å². The highest BCUT2D eigenvalue weighted by Crippen LogP contribution is 2.29. The summed E-state index contributed by atoms with van der Waals surface area (Å²) in [5, 5.41) is 0.931. The number of terminal acetylenes is 1. The lowest BCUT2D eigenvalue weighted by Gasteiger charge is -2.09. The molecule has 2 aromatic carbocycles. The van der Waals surface area contributed by atoms with Crippen LogP contribution in [0.3, 0.4) is 0 Å². The van der Waals surface area contributed by atoms with Crippen molar-refractivity contribution < 1.29 is 21.2 Å². The molecule has 0 bridgehead atoms. The molecule has 3 rings (SSSR count). The third-order valence-electron chi connectivity index (χ3n) is 4.80. The predicted molar refractivity (Wildman–Crippen MR) is 130 cm³/mol. The monoisotopic (exact) mass is 575 g/mol. The molecule has 0 aliphatic carbocycles. The summed E-state index contributed by atoms with van der Waals surface area (Å²) < 4.78 is 69.3. The fourth-order valence-electron chi connectivity index (χ4n) is 3.22. The Balaban J connectivity index is 1.85. The van der Waals surface area contributed by atoms with E-state index in [1.807, 2.05) is 0 Å². The minimum Gasteiger partial charge on any atom is -0.355 e. The van der Waals surface area contributed by atoms with Crippen LogP contribution >= 0.6 is 27.5 Å². The lowest BCUT2D eigenvalue weighted by molar-refractivity contribution is 0.580. The van der Waals surface area contributed by atoms with E-state index in [1.165, 1.54) is 30.3 Å². The number of sulfonamides is 2. The SMILES string of the molecule is C#CCCS(=O)(=O)NCc1[nH]c2c(F)cc(Br)cc2c1CCNS(=O)(=O)c1ccc(Cl)cc1. The van der Waals surface area contributed by atoms with Crippen LogP contribution in [0, 0.1) is 18.2 Å². The highest BCUT2D eigenvalue weighted by atomic mass is 79.9. The molecule has 176 valence electrons. The Morgan fingerprint density at radius 3 is 2.48 bits per heavy atom. The van der Waals surface area contributed by atoms with Crippen molar-refractivity contribution >= 4 is 58.5 Å². The molecule has 0 aliphatic rings. The maximum Gasteiger partial charge on any atom is 0.240 e. The van der Waals surface area contributed by atoms with Gasteiger partial charge >= 0.3 is 0 Å². The van der Waals surface area contributed by atoms with Crippen LogP contribution in [-0.2, 0) is 33.0 Å². The lowest BCUT2D eigenvalue weighted by Crippen LogP contribution is -2.28. The molecule has 0 unspecified atom stereocenters. The Morgan fingerprint density at radius 2 is 1.82 bits per heavy atom. The summed E-state index contributed by atoms with van der Waals surface area (Å²) in [4.78, 5) is 2.98. The number of halogens is 3. The maximum atomic E-state index is 14.5. The van der Waals surface area contributed by atoms with Gasteiger partial charge in [0.1, 0.15) is 5.82 Å². The number of hydrogen-bond acceptors (Lipinski definition) is 4. The number of nitrogens with one attached hydrogen (secondary N) is 3. The molecular formula is C21H20BrClFN3O4S2. The van der Waals surface area contributed by atoms with Gasteiger partial charge in [0.05, 0.1) is 22.7 Å². The van der Waals surface area contributed by atoms with E-state index in [1.54, 1.807) is 6.07 Å². The smallest absolute Gasteiger partial charge is 0.240 e. The first-order valence-electron chi connectivity index (χ1n) is 9.67. The van der Waals surface area contributed by atoms with Gasteiger partial charge in [0.25, 0.3) is 0 Å². The Bertz CT molecular complexity index is 1420. The summed E-state index contributed by atoms with van der Waals surface area (Å²) in [5.41, 5.74) is 1.22. The normalized spacial score (nSPS) is 12.2. The molecule has 0 fully saturated rings. The van der Waals surface area contributed by atoms with Crippen LogP contribution in [0.4, 0.5) is 4.39 Å². The van der Waals surface area contributed by atoms with Crippen molar-refractivity contribution in [1.29, 1.82) is 0 Å². The predicted octanol–water partition coefficient (Wildman–Crippen LogP) is 3.69. The van der Waals surface area contributed by atoms with Crippen LogP contribution in [0.25, 0.3) is 10.9 Å². The lowest BCUT2D eigenvalue weighted by atomic mass is 10.1. The van der Waals surface area contributed by atoms with E-state index in [0.717, 1.165) is 0 Å². The van der Waals surface area contributed by atoms with Crippen LogP contribution in [0.5, 0.6) is 0 Å². The highest BCUT2D eigenvalue weighted by molar-refractivity contribution is 9.10. The van der Waals surface area contributed by atoms with Crippen LogP contribution < -0.4 is 9.44 Å². The molecule has 0 spiro atoms. The average Bonchev–Trinajstić information content (AvgIpc) is 3.09. The molecule has 33 heavy (non-hydrogen) atoms. The molecule has 1 aromatic heterocycles. The zero-order valence-corrected chi connectivity index (χ0v) is 21.1. The number of aromatic amines is 1. The van der Waals surface area contributed by atoms with E-state index in [-0.39, 0.29) is 42.1 Å². The second-order valence-corrected chi connectivity index (χ2v) is 12.1. The number of hydrogen-bond donors (Lipinski definition) is 3. The van der Waals surface area contributed by atoms with Gasteiger partial charge in [-0.15, -0.1) is 12.3 Å². The standard InChI is InChI=1S/C21H20BrClFN3O4S2/c1-2-3-10-32(28,29)26-13-20-17(18-11-14(22)12-19(24)21(18)27-20)8-9-25-33(30,31)16-6-4-15(23)5-7-16/h1,4-7,11-12,25-27H,3,8-10,13H2. The van der Waals surface area contributed by atoms with E-state index in [4.69, 9.17) is 18.0 Å². The van der Waals surface area contributed by atoms with Gasteiger partial charge in [-0.25, -0.2) is 30.7 Å². The van der Waals surface area contributed by atoms with Gasteiger partial charge in [0, 0.05) is 33.5 Å². The zero-order chi connectivity index (χ0) is 24.2. The van der Waals surface area contributed by atoms with Gasteiger partial charge < -0.3 is 4.98 Å². The largest absolute Gasteiger partial charge is 0.355 e. The number of aromatic nitrogens is 1. The molecule has 1 heterocycles. The quantitative estimate of drug-likeness (QED) is 0.320. The van der Waals surface area contributed by atoms with Crippen molar-refractivity contribution in [2.75, 3.05) is 12.3 Å². The molecule has 0 amide bonds. The van der Waals surface area contributed by atoms with Crippen molar-refractivity contribution in [2.45, 2.75) is 24.3 Å². The maximum absolute atomic E-state index is 14.5. The van der Waals surface area contributed by atoms with Crippen molar-refractivity contribution in [1.82, 2.24) is 14.4 Å². The third-order valence-corrected chi connectivity index (χ3v) is 8.31. The average molecular weight is 577 g/mol. The number of benzene rings is 2. The van der Waals surface area contributed by atoms with Crippen LogP contribution in [0.1, 0.15) is 17.7 Å². The fraction of sp³-hybridized carbons (Fsp3) is 0.238. The molecule has 12 heteroatoms. The Labute approximate surface area is 205 Å². The van der Waals surface area contributed by atoms with Gasteiger partial charge in [0.2, 0.25) is 20.0 Å². The molecule has 3 aromatic rings. The van der Waals surface area contributed by atoms with E-state index < -0.39 is 25.9 Å². The number of fused-ring (bicyclic) bond motifs is 1. The Hall–Kier alpha value is -1.94. The summed E-state index contributed by atoms with van der Waals surface area (Å²) in [5.74, 6) is 1.51. The molecule has 0 saturated heterocycles. The first-order chi connectivity index (χ1) is 15.5. The Kier molecular flexibility index (Phi) is 8.21. The van der Waals surface area contributed by atoms with Crippen LogP contribution in [0.15, 0.2) is 45.8 Å². The third kappa shape index (κ3) is 6.56. The van der Waals surface area contributed by atoms with Crippen molar-refractivity contribution in [3.05, 3.63) is 63.0 Å². The molecular weight excluding hydrogens is 557 g/mol. The molecule has 0 radical (unpaired) electrons. The fourth-order valence-corrected chi connectivity index (χ4v) is 5.70. The molecule has 3 N–H and O–H groups in total. The van der Waals surface area contributed by atoms with Gasteiger partial charge in [-0.05, 0) is 48.4 Å². The molecule has 7 nitrogen and oxygen atoms in total. The van der Waals surface area contributed by atoms with Crippen LogP contribution in [0.2, 0.25) is 5.02 Å². The van der Waals surface area contributed by atoms with E-state index in [0.29, 0.717) is 26.1 Å². The first-order valence-corrected chi connectivity index (χ1v) is 14.0. The van der Waals surface area contributed by atoms with Crippen molar-refractivity contribution in [3.8, 4) is 12.3 Å². The summed E-state index contributed by atoms with van der Waals surface area (Å²) >= 11 is 9.07. The summed E-state index contributed by atoms with van der Waals surface area (Å²) in [6.07, 6.45) is 5.37. The van der Waals surface area contributed by atoms with Crippen molar-refractivity contribution in [3.63, 3.8) is 0 Å². The van der Waals surface area contributed by atoms with Gasteiger partial charge in [-0.3, -0.25) is 0 Å². The Morgan fingerprint density at radius 1 is 1.12 bits per heavy atom. The van der Waals surface area contributed by atoms with Crippen LogP contribution in [-0.4, -0.2) is 34.1 Å². The molecule has 0 aliphatic heterocycles. The van der Waals surface area contributed by atoms with Crippen molar-refractivity contribution in [2.24, 2.45) is 0 Å². The summed E-state index contributed by atoms with van der Waals surface area (Å²) in [6, 6.07) is 8.69. The highest BCUT2D eigenvalue weighted by Gasteiger charge is 2.19. The summed E-state index contributed by atoms with van der Waals surface area (Å²) in [7, 11) is -7.43. The first kappa shape index (κ1) is 25.7. The van der Waals surface area contributed by atoms with Gasteiger partial charge in [-0.2, -0.15) is 0 Å².